The predicted molar refractivity (Wildman–Crippen MR) is 194 cm³/mol. The van der Waals surface area contributed by atoms with Crippen LogP contribution in [-0.4, -0.2) is 18.1 Å². The summed E-state index contributed by atoms with van der Waals surface area (Å²) >= 11 is 0. The van der Waals surface area contributed by atoms with E-state index in [-0.39, 0.29) is 5.97 Å². The highest BCUT2D eigenvalue weighted by Crippen LogP contribution is 2.40. The van der Waals surface area contributed by atoms with Crippen LogP contribution in [0.4, 0.5) is 5.69 Å². The van der Waals surface area contributed by atoms with E-state index in [9.17, 15) is 4.79 Å². The fraction of sp³-hybridized carbons (Fsp3) is 0.116. The molecule has 0 amide bonds. The number of ether oxygens (including phenoxy) is 1. The number of anilines is 1. The Balaban J connectivity index is 0.000000174. The van der Waals surface area contributed by atoms with Crippen LogP contribution in [0.3, 0.4) is 0 Å². The van der Waals surface area contributed by atoms with Crippen LogP contribution >= 0.6 is 0 Å². The van der Waals surface area contributed by atoms with E-state index >= 15 is 0 Å². The van der Waals surface area contributed by atoms with Crippen molar-refractivity contribution in [2.24, 2.45) is 0 Å². The third-order valence-electron chi connectivity index (χ3n) is 8.90. The number of esters is 1. The van der Waals surface area contributed by atoms with E-state index in [1.165, 1.54) is 58.4 Å². The Morgan fingerprint density at radius 2 is 1.28 bits per heavy atom. The summed E-state index contributed by atoms with van der Waals surface area (Å²) in [4.78, 5) is 17.1. The number of nitrogens with zero attached hydrogens (tertiary/aromatic N) is 1. The first-order valence-electron chi connectivity index (χ1n) is 16.1. The van der Waals surface area contributed by atoms with Crippen LogP contribution in [0.2, 0.25) is 0 Å². The van der Waals surface area contributed by atoms with E-state index in [0.29, 0.717) is 17.9 Å². The lowest BCUT2D eigenvalue weighted by Crippen LogP contribution is -2.09. The summed E-state index contributed by atoms with van der Waals surface area (Å²) in [5.41, 5.74) is 15.3. The molecule has 1 aliphatic rings. The Bertz CT molecular complexity index is 2190. The van der Waals surface area contributed by atoms with Crippen molar-refractivity contribution >= 4 is 33.2 Å². The van der Waals surface area contributed by atoms with Gasteiger partial charge in [0, 0.05) is 23.7 Å². The molecule has 47 heavy (non-hydrogen) atoms. The van der Waals surface area contributed by atoms with Gasteiger partial charge in [-0.3, -0.25) is 4.98 Å². The molecule has 1 aromatic heterocycles. The van der Waals surface area contributed by atoms with Crippen LogP contribution in [-0.2, 0) is 11.2 Å². The van der Waals surface area contributed by atoms with Crippen molar-refractivity contribution in [2.75, 3.05) is 12.8 Å². The summed E-state index contributed by atoms with van der Waals surface area (Å²) in [6.45, 7) is 0. The molecular weight excluding hydrogens is 576 g/mol. The molecule has 0 atom stereocenters. The first kappa shape index (κ1) is 29.9. The molecule has 4 heteroatoms. The standard InChI is InChI=1S/C27H23NO2.C16H13N/c1-30-27(29)25-15-23(19-10-11-19)17-28-26(25)16-22-9-5-8-21-14-20(12-13-24(21)22)18-6-3-2-4-7-18;17-16-8-4-7-14-11-13(9-10-15(14)16)12-5-2-1-3-6-12/h2-9,12-15,17,19H,10-11,16H2,1H3;1-11H,17H2. The molecular formula is C43H36N2O2. The smallest absolute Gasteiger partial charge is 0.339 e. The van der Waals surface area contributed by atoms with Crippen LogP contribution in [0.1, 0.15) is 45.9 Å². The van der Waals surface area contributed by atoms with Crippen LogP contribution in [0.5, 0.6) is 0 Å². The zero-order chi connectivity index (χ0) is 32.2. The van der Waals surface area contributed by atoms with E-state index in [1.807, 2.05) is 36.5 Å². The fourth-order valence-electron chi connectivity index (χ4n) is 6.19. The molecule has 0 saturated heterocycles. The maximum Gasteiger partial charge on any atom is 0.339 e. The van der Waals surface area contributed by atoms with Gasteiger partial charge in [0.15, 0.2) is 0 Å². The second kappa shape index (κ2) is 13.3. The Hall–Kier alpha value is -5.74. The SMILES string of the molecule is COC(=O)c1cc(C2CC2)cnc1Cc1cccc2cc(-c3ccccc3)ccc12.Nc1cccc2cc(-c3ccccc3)ccc12. The van der Waals surface area contributed by atoms with Crippen LogP contribution < -0.4 is 5.73 Å². The zero-order valence-corrected chi connectivity index (χ0v) is 26.4. The molecule has 2 N–H and O–H groups in total. The van der Waals surface area contributed by atoms with Crippen molar-refractivity contribution in [3.05, 3.63) is 168 Å². The minimum Gasteiger partial charge on any atom is -0.465 e. The van der Waals surface area contributed by atoms with Gasteiger partial charge in [-0.15, -0.1) is 0 Å². The number of rotatable bonds is 6. The number of carbonyl (C=O) groups excluding carboxylic acids is 1. The monoisotopic (exact) mass is 612 g/mol. The molecule has 7 aromatic rings. The van der Waals surface area contributed by atoms with Gasteiger partial charge in [-0.1, -0.05) is 115 Å². The summed E-state index contributed by atoms with van der Waals surface area (Å²) in [6, 6.07) is 48.0. The van der Waals surface area contributed by atoms with Gasteiger partial charge >= 0.3 is 5.97 Å². The molecule has 0 aliphatic heterocycles. The molecule has 0 spiro atoms. The van der Waals surface area contributed by atoms with E-state index in [0.717, 1.165) is 27.9 Å². The number of benzene rings is 6. The number of aromatic nitrogens is 1. The van der Waals surface area contributed by atoms with Crippen LogP contribution in [0, 0.1) is 0 Å². The Morgan fingerprint density at radius 1 is 0.681 bits per heavy atom. The molecule has 8 rings (SSSR count). The Kier molecular flexibility index (Phi) is 8.48. The fourth-order valence-corrected chi connectivity index (χ4v) is 6.19. The largest absolute Gasteiger partial charge is 0.465 e. The number of fused-ring (bicyclic) bond motifs is 2. The molecule has 0 radical (unpaired) electrons. The first-order valence-corrected chi connectivity index (χ1v) is 16.1. The number of carbonyl (C=O) groups is 1. The second-order valence-electron chi connectivity index (χ2n) is 12.1. The highest BCUT2D eigenvalue weighted by Gasteiger charge is 2.26. The van der Waals surface area contributed by atoms with E-state index in [1.54, 1.807) is 0 Å². The highest BCUT2D eigenvalue weighted by molar-refractivity contribution is 5.95. The van der Waals surface area contributed by atoms with E-state index in [4.69, 9.17) is 10.5 Å². The average molecular weight is 613 g/mol. The van der Waals surface area contributed by atoms with Gasteiger partial charge in [-0.25, -0.2) is 4.79 Å². The van der Waals surface area contributed by atoms with Gasteiger partial charge in [0.1, 0.15) is 0 Å². The topological polar surface area (TPSA) is 65.2 Å². The molecule has 1 saturated carbocycles. The lowest BCUT2D eigenvalue weighted by Gasteiger charge is -2.12. The minimum atomic E-state index is -0.313. The van der Waals surface area contributed by atoms with Crippen molar-refractivity contribution in [1.29, 1.82) is 0 Å². The van der Waals surface area contributed by atoms with Crippen LogP contribution in [0.15, 0.2) is 146 Å². The zero-order valence-electron chi connectivity index (χ0n) is 26.4. The lowest BCUT2D eigenvalue weighted by molar-refractivity contribution is 0.0599. The predicted octanol–water partition coefficient (Wildman–Crippen LogP) is 10.2. The summed E-state index contributed by atoms with van der Waals surface area (Å²) in [6.07, 6.45) is 4.87. The van der Waals surface area contributed by atoms with Gasteiger partial charge in [-0.2, -0.15) is 0 Å². The third-order valence-corrected chi connectivity index (χ3v) is 8.90. The lowest BCUT2D eigenvalue weighted by atomic mass is 9.95. The van der Waals surface area contributed by atoms with Crippen molar-refractivity contribution < 1.29 is 9.53 Å². The summed E-state index contributed by atoms with van der Waals surface area (Å²) < 4.78 is 5.04. The van der Waals surface area contributed by atoms with Crippen LogP contribution in [0.25, 0.3) is 43.8 Å². The van der Waals surface area contributed by atoms with E-state index in [2.05, 4.69) is 114 Å². The molecule has 1 aliphatic carbocycles. The second-order valence-corrected chi connectivity index (χ2v) is 12.1. The molecule has 6 aromatic carbocycles. The van der Waals surface area contributed by atoms with E-state index < -0.39 is 0 Å². The van der Waals surface area contributed by atoms with Gasteiger partial charge < -0.3 is 10.5 Å². The summed E-state index contributed by atoms with van der Waals surface area (Å²) in [7, 11) is 1.43. The van der Waals surface area contributed by atoms with Gasteiger partial charge in [0.2, 0.25) is 0 Å². The number of hydrogen-bond donors (Lipinski definition) is 1. The van der Waals surface area contributed by atoms with Crippen molar-refractivity contribution in [3.8, 4) is 22.3 Å². The maximum absolute atomic E-state index is 12.4. The molecule has 230 valence electrons. The van der Waals surface area contributed by atoms with Gasteiger partial charge in [0.05, 0.1) is 18.4 Å². The molecule has 0 unspecified atom stereocenters. The Morgan fingerprint density at radius 3 is 1.89 bits per heavy atom. The minimum absolute atomic E-state index is 0.313. The maximum atomic E-state index is 12.4. The number of nitrogens with two attached hydrogens (primary N) is 1. The number of pyridine rings is 1. The molecule has 1 fully saturated rings. The normalized spacial score (nSPS) is 12.4. The first-order chi connectivity index (χ1) is 23.1. The summed E-state index contributed by atoms with van der Waals surface area (Å²) in [5, 5.41) is 4.67. The average Bonchev–Trinajstić information content (AvgIpc) is 3.98. The van der Waals surface area contributed by atoms with Gasteiger partial charge in [-0.05, 0) is 92.6 Å². The highest BCUT2D eigenvalue weighted by atomic mass is 16.5. The number of nitrogen functional groups attached to an aromatic ring is 1. The number of methoxy groups -OCH3 is 1. The molecule has 4 nitrogen and oxygen atoms in total. The van der Waals surface area contributed by atoms with Crippen molar-refractivity contribution in [3.63, 3.8) is 0 Å². The Labute approximate surface area is 275 Å². The number of hydrogen-bond acceptors (Lipinski definition) is 4. The van der Waals surface area contributed by atoms with Gasteiger partial charge in [0.25, 0.3) is 0 Å². The van der Waals surface area contributed by atoms with Crippen molar-refractivity contribution in [2.45, 2.75) is 25.2 Å². The molecule has 1 heterocycles. The third kappa shape index (κ3) is 6.63. The summed E-state index contributed by atoms with van der Waals surface area (Å²) in [5.74, 6) is 0.232. The quantitative estimate of drug-likeness (QED) is 0.150. The molecule has 0 bridgehead atoms. The van der Waals surface area contributed by atoms with Crippen molar-refractivity contribution in [1.82, 2.24) is 4.98 Å².